The summed E-state index contributed by atoms with van der Waals surface area (Å²) in [6.07, 6.45) is -3.11. The van der Waals surface area contributed by atoms with Crippen LogP contribution in [0.15, 0.2) is 60.7 Å². The molecule has 0 unspecified atom stereocenters. The monoisotopic (exact) mass is 512 g/mol. The smallest absolute Gasteiger partial charge is 0.341 e. The van der Waals surface area contributed by atoms with Crippen LogP contribution in [0, 0.1) is 6.92 Å². The molecule has 0 radical (unpaired) electrons. The molecule has 1 aromatic heterocycles. The Labute approximate surface area is 214 Å². The van der Waals surface area contributed by atoms with Gasteiger partial charge in [-0.2, -0.15) is 18.3 Å². The Morgan fingerprint density at radius 2 is 1.73 bits per heavy atom. The molecule has 3 aromatic rings. The molecule has 1 fully saturated rings. The van der Waals surface area contributed by atoms with Crippen molar-refractivity contribution in [2.45, 2.75) is 51.4 Å². The quantitative estimate of drug-likeness (QED) is 0.441. The summed E-state index contributed by atoms with van der Waals surface area (Å²) in [5.41, 5.74) is 2.04. The van der Waals surface area contributed by atoms with E-state index in [9.17, 15) is 22.8 Å². The van der Waals surface area contributed by atoms with Gasteiger partial charge in [0, 0.05) is 31.4 Å². The van der Waals surface area contributed by atoms with Gasteiger partial charge < -0.3 is 9.80 Å². The van der Waals surface area contributed by atoms with Crippen LogP contribution >= 0.6 is 0 Å². The second-order valence-corrected chi connectivity index (χ2v) is 9.61. The first kappa shape index (κ1) is 26.4. The zero-order chi connectivity index (χ0) is 26.7. The van der Waals surface area contributed by atoms with Crippen LogP contribution in [0.25, 0.3) is 0 Å². The number of likely N-dealkylation sites (tertiary alicyclic amines) is 1. The van der Waals surface area contributed by atoms with Crippen molar-refractivity contribution >= 4 is 11.8 Å². The molecule has 2 amide bonds. The number of rotatable bonds is 6. The SMILES string of the molecule is Cc1cc(C(F)(F)F)nn1CC(=O)N1CCC(c2cccc(C(=O)N(C)[C@H](C)c3ccccc3)c2)CC1. The van der Waals surface area contributed by atoms with Crippen molar-refractivity contribution in [1.29, 1.82) is 0 Å². The second kappa shape index (κ2) is 10.8. The molecular weight excluding hydrogens is 481 g/mol. The minimum absolute atomic E-state index is 0.0568. The summed E-state index contributed by atoms with van der Waals surface area (Å²) < 4.78 is 39.9. The number of aryl methyl sites for hydroxylation is 1. The van der Waals surface area contributed by atoms with Crippen molar-refractivity contribution < 1.29 is 22.8 Å². The lowest BCUT2D eigenvalue weighted by atomic mass is 9.88. The molecule has 1 aliphatic rings. The molecule has 9 heteroatoms. The molecular formula is C28H31F3N4O2. The van der Waals surface area contributed by atoms with E-state index >= 15 is 0 Å². The predicted octanol–water partition coefficient (Wildman–Crippen LogP) is 5.45. The highest BCUT2D eigenvalue weighted by Crippen LogP contribution is 2.31. The number of carbonyl (C=O) groups is 2. The standard InChI is InChI=1S/C28H31F3N4O2/c1-19-16-25(28(29,30)31)32-35(19)18-26(36)34-14-12-22(13-15-34)23-10-7-11-24(17-23)27(37)33(3)20(2)21-8-5-4-6-9-21/h4-11,16-17,20,22H,12-15,18H2,1-3H3/t20-/m1/s1. The zero-order valence-corrected chi connectivity index (χ0v) is 21.2. The largest absolute Gasteiger partial charge is 0.435 e. The fraction of sp³-hybridized carbons (Fsp3) is 0.393. The number of aromatic nitrogens is 2. The Balaban J connectivity index is 1.36. The van der Waals surface area contributed by atoms with Gasteiger partial charge in [-0.05, 0) is 61.9 Å². The van der Waals surface area contributed by atoms with Crippen molar-refractivity contribution in [3.8, 4) is 0 Å². The summed E-state index contributed by atoms with van der Waals surface area (Å²) in [6.45, 7) is 4.28. The number of benzene rings is 2. The van der Waals surface area contributed by atoms with Gasteiger partial charge in [0.15, 0.2) is 5.69 Å². The maximum absolute atomic E-state index is 13.2. The van der Waals surface area contributed by atoms with E-state index in [0.29, 0.717) is 37.2 Å². The van der Waals surface area contributed by atoms with Gasteiger partial charge in [-0.25, -0.2) is 0 Å². The highest BCUT2D eigenvalue weighted by atomic mass is 19.4. The molecule has 1 aliphatic heterocycles. The van der Waals surface area contributed by atoms with Crippen molar-refractivity contribution in [2.24, 2.45) is 0 Å². The molecule has 0 bridgehead atoms. The van der Waals surface area contributed by atoms with E-state index in [2.05, 4.69) is 5.10 Å². The number of alkyl halides is 3. The molecule has 2 aromatic carbocycles. The van der Waals surface area contributed by atoms with Crippen molar-refractivity contribution in [2.75, 3.05) is 20.1 Å². The molecule has 0 N–H and O–H groups in total. The maximum atomic E-state index is 13.2. The molecule has 1 saturated heterocycles. The van der Waals surface area contributed by atoms with E-state index in [-0.39, 0.29) is 30.3 Å². The minimum Gasteiger partial charge on any atom is -0.341 e. The summed E-state index contributed by atoms with van der Waals surface area (Å²) in [7, 11) is 1.80. The molecule has 1 atom stereocenters. The van der Waals surface area contributed by atoms with Gasteiger partial charge in [-0.15, -0.1) is 0 Å². The minimum atomic E-state index is -4.54. The Hall–Kier alpha value is -3.62. The number of hydrogen-bond donors (Lipinski definition) is 0. The van der Waals surface area contributed by atoms with Crippen LogP contribution in [0.4, 0.5) is 13.2 Å². The van der Waals surface area contributed by atoms with Gasteiger partial charge in [-0.1, -0.05) is 42.5 Å². The fourth-order valence-electron chi connectivity index (χ4n) is 4.76. The summed E-state index contributed by atoms with van der Waals surface area (Å²) in [5.74, 6) is -0.116. The van der Waals surface area contributed by atoms with Gasteiger partial charge in [0.1, 0.15) is 6.54 Å². The zero-order valence-electron chi connectivity index (χ0n) is 21.2. The third-order valence-corrected chi connectivity index (χ3v) is 7.19. The van der Waals surface area contributed by atoms with Gasteiger partial charge >= 0.3 is 6.18 Å². The Bertz CT molecular complexity index is 1250. The maximum Gasteiger partial charge on any atom is 0.435 e. The number of piperidine rings is 1. The van der Waals surface area contributed by atoms with Gasteiger partial charge in [0.25, 0.3) is 5.91 Å². The molecule has 2 heterocycles. The van der Waals surface area contributed by atoms with Crippen LogP contribution in [-0.2, 0) is 17.5 Å². The Morgan fingerprint density at radius 3 is 2.35 bits per heavy atom. The van der Waals surface area contributed by atoms with E-state index in [1.54, 1.807) is 16.8 Å². The number of amides is 2. The number of halogens is 3. The van der Waals surface area contributed by atoms with E-state index < -0.39 is 11.9 Å². The van der Waals surface area contributed by atoms with Crippen LogP contribution < -0.4 is 0 Å². The Kier molecular flexibility index (Phi) is 7.71. The average Bonchev–Trinajstić information content (AvgIpc) is 3.28. The lowest BCUT2D eigenvalue weighted by Gasteiger charge is -2.32. The van der Waals surface area contributed by atoms with Crippen LogP contribution in [-0.4, -0.2) is 51.5 Å². The molecule has 0 aliphatic carbocycles. The van der Waals surface area contributed by atoms with Crippen LogP contribution in [0.5, 0.6) is 0 Å². The lowest BCUT2D eigenvalue weighted by Crippen LogP contribution is -2.40. The van der Waals surface area contributed by atoms with Crippen molar-refractivity contribution in [3.05, 3.63) is 88.7 Å². The van der Waals surface area contributed by atoms with E-state index in [1.165, 1.54) is 6.92 Å². The van der Waals surface area contributed by atoms with Crippen molar-refractivity contribution in [3.63, 3.8) is 0 Å². The van der Waals surface area contributed by atoms with Crippen molar-refractivity contribution in [1.82, 2.24) is 19.6 Å². The third kappa shape index (κ3) is 6.03. The fourth-order valence-corrected chi connectivity index (χ4v) is 4.76. The van der Waals surface area contributed by atoms with E-state index in [1.807, 2.05) is 61.5 Å². The van der Waals surface area contributed by atoms with E-state index in [4.69, 9.17) is 0 Å². The van der Waals surface area contributed by atoms with Gasteiger partial charge in [0.05, 0.1) is 6.04 Å². The summed E-state index contributed by atoms with van der Waals surface area (Å²) in [5, 5.41) is 3.56. The first-order valence-corrected chi connectivity index (χ1v) is 12.4. The highest BCUT2D eigenvalue weighted by molar-refractivity contribution is 5.94. The number of carbonyl (C=O) groups excluding carboxylic acids is 2. The summed E-state index contributed by atoms with van der Waals surface area (Å²) in [6, 6.07) is 18.4. The summed E-state index contributed by atoms with van der Waals surface area (Å²) >= 11 is 0. The predicted molar refractivity (Wildman–Crippen MR) is 134 cm³/mol. The molecule has 0 saturated carbocycles. The second-order valence-electron chi connectivity index (χ2n) is 9.61. The van der Waals surface area contributed by atoms with Gasteiger partial charge in [0.2, 0.25) is 5.91 Å². The topological polar surface area (TPSA) is 58.4 Å². The lowest BCUT2D eigenvalue weighted by molar-refractivity contribution is -0.142. The molecule has 196 valence electrons. The Morgan fingerprint density at radius 1 is 1.05 bits per heavy atom. The normalized spacial score (nSPS) is 15.5. The first-order valence-electron chi connectivity index (χ1n) is 12.4. The first-order chi connectivity index (χ1) is 17.5. The van der Waals surface area contributed by atoms with E-state index in [0.717, 1.165) is 21.9 Å². The average molecular weight is 513 g/mol. The molecule has 4 rings (SSSR count). The third-order valence-electron chi connectivity index (χ3n) is 7.19. The van der Waals surface area contributed by atoms with Gasteiger partial charge in [-0.3, -0.25) is 14.3 Å². The number of nitrogens with zero attached hydrogens (tertiary/aromatic N) is 4. The van der Waals surface area contributed by atoms with Crippen LogP contribution in [0.3, 0.4) is 0 Å². The molecule has 6 nitrogen and oxygen atoms in total. The molecule has 0 spiro atoms. The highest BCUT2D eigenvalue weighted by Gasteiger charge is 2.35. The van der Waals surface area contributed by atoms with Crippen LogP contribution in [0.2, 0.25) is 0 Å². The summed E-state index contributed by atoms with van der Waals surface area (Å²) in [4.78, 5) is 29.4. The van der Waals surface area contributed by atoms with Crippen LogP contribution in [0.1, 0.15) is 64.6 Å². The number of hydrogen-bond acceptors (Lipinski definition) is 3. The molecule has 37 heavy (non-hydrogen) atoms.